The van der Waals surface area contributed by atoms with Gasteiger partial charge >= 0.3 is 0 Å². The van der Waals surface area contributed by atoms with E-state index < -0.39 is 0 Å². The topological polar surface area (TPSA) is 26.2 Å². The highest BCUT2D eigenvalue weighted by atomic mass is 16.5. The van der Waals surface area contributed by atoms with Crippen LogP contribution < -0.4 is 5.32 Å². The Labute approximate surface area is 112 Å². The Morgan fingerprint density at radius 3 is 2.72 bits per heavy atom. The van der Waals surface area contributed by atoms with E-state index in [1.165, 1.54) is 18.4 Å². The third-order valence-corrected chi connectivity index (χ3v) is 3.63. The summed E-state index contributed by atoms with van der Waals surface area (Å²) in [5, 5.41) is 3.38. The number of hydrogen-bond donors (Lipinski definition) is 1. The van der Waals surface area contributed by atoms with Gasteiger partial charge in [-0.1, -0.05) is 13.3 Å². The fraction of sp³-hybridized carbons (Fsp3) is 0.733. The minimum Gasteiger partial charge on any atom is -0.379 e. The number of nitrogens with zero attached hydrogens (tertiary/aromatic N) is 1. The Morgan fingerprint density at radius 1 is 1.44 bits per heavy atom. The molecule has 1 aromatic heterocycles. The van der Waals surface area contributed by atoms with E-state index in [0.717, 1.165) is 13.0 Å². The lowest BCUT2D eigenvalue weighted by atomic mass is 10.1. The van der Waals surface area contributed by atoms with Crippen molar-refractivity contribution in [2.24, 2.45) is 0 Å². The molecule has 0 spiro atoms. The van der Waals surface area contributed by atoms with Crippen molar-refractivity contribution in [2.75, 3.05) is 14.2 Å². The van der Waals surface area contributed by atoms with Gasteiger partial charge in [0, 0.05) is 32.1 Å². The summed E-state index contributed by atoms with van der Waals surface area (Å²) in [6.45, 7) is 7.49. The van der Waals surface area contributed by atoms with E-state index in [9.17, 15) is 0 Å². The number of aryl methyl sites for hydroxylation is 1. The molecule has 0 saturated heterocycles. The first kappa shape index (κ1) is 15.3. The Hall–Kier alpha value is -0.800. The quantitative estimate of drug-likeness (QED) is 0.768. The normalized spacial score (nSPS) is 13.8. The molecule has 1 rings (SSSR count). The fourth-order valence-corrected chi connectivity index (χ4v) is 2.07. The van der Waals surface area contributed by atoms with Crippen LogP contribution in [0.15, 0.2) is 18.5 Å². The van der Waals surface area contributed by atoms with Gasteiger partial charge in [0.15, 0.2) is 0 Å². The van der Waals surface area contributed by atoms with Gasteiger partial charge < -0.3 is 14.6 Å². The molecule has 18 heavy (non-hydrogen) atoms. The van der Waals surface area contributed by atoms with Gasteiger partial charge in [0.1, 0.15) is 0 Å². The van der Waals surface area contributed by atoms with E-state index in [1.54, 1.807) is 7.11 Å². The van der Waals surface area contributed by atoms with Gasteiger partial charge in [-0.3, -0.25) is 0 Å². The number of hydrogen-bond acceptors (Lipinski definition) is 2. The standard InChI is InChI=1S/C15H28N2O/c1-6-7-14(16-4)13-8-10-17(12-13)11-9-15(2,3)18-5/h8,10,12,14,16H,6-7,9,11H2,1-5H3. The van der Waals surface area contributed by atoms with E-state index in [-0.39, 0.29) is 5.60 Å². The molecule has 1 heterocycles. The lowest BCUT2D eigenvalue weighted by Gasteiger charge is -2.22. The Morgan fingerprint density at radius 2 is 2.17 bits per heavy atom. The summed E-state index contributed by atoms with van der Waals surface area (Å²) in [7, 11) is 3.81. The zero-order chi connectivity index (χ0) is 13.6. The molecule has 0 fully saturated rings. The lowest BCUT2D eigenvalue weighted by Crippen LogP contribution is -2.24. The number of ether oxygens (including phenoxy) is 1. The van der Waals surface area contributed by atoms with Crippen LogP contribution in [0, 0.1) is 0 Å². The highest BCUT2D eigenvalue weighted by Gasteiger charge is 2.16. The van der Waals surface area contributed by atoms with Gasteiger partial charge in [0.2, 0.25) is 0 Å². The van der Waals surface area contributed by atoms with Crippen LogP contribution in [0.5, 0.6) is 0 Å². The summed E-state index contributed by atoms with van der Waals surface area (Å²) < 4.78 is 7.71. The second-order valence-electron chi connectivity index (χ2n) is 5.53. The summed E-state index contributed by atoms with van der Waals surface area (Å²) in [5.41, 5.74) is 1.34. The van der Waals surface area contributed by atoms with Crippen LogP contribution in [0.25, 0.3) is 0 Å². The molecule has 0 aliphatic carbocycles. The van der Waals surface area contributed by atoms with Crippen molar-refractivity contribution in [3.05, 3.63) is 24.0 Å². The molecule has 1 aromatic rings. The van der Waals surface area contributed by atoms with E-state index in [2.05, 4.69) is 49.1 Å². The molecule has 1 atom stereocenters. The summed E-state index contributed by atoms with van der Waals surface area (Å²) in [4.78, 5) is 0. The van der Waals surface area contributed by atoms with Crippen LogP contribution in [-0.2, 0) is 11.3 Å². The highest BCUT2D eigenvalue weighted by Crippen LogP contribution is 2.20. The Kier molecular flexibility index (Phi) is 5.89. The second kappa shape index (κ2) is 6.95. The van der Waals surface area contributed by atoms with Crippen LogP contribution >= 0.6 is 0 Å². The van der Waals surface area contributed by atoms with Crippen molar-refractivity contribution < 1.29 is 4.74 Å². The molecule has 104 valence electrons. The van der Waals surface area contributed by atoms with Crippen molar-refractivity contribution >= 4 is 0 Å². The Balaban J connectivity index is 2.57. The monoisotopic (exact) mass is 252 g/mol. The van der Waals surface area contributed by atoms with Crippen molar-refractivity contribution in [2.45, 2.75) is 58.2 Å². The number of rotatable bonds is 8. The SMILES string of the molecule is CCCC(NC)c1ccn(CCC(C)(C)OC)c1. The van der Waals surface area contributed by atoms with Crippen LogP contribution in [0.2, 0.25) is 0 Å². The van der Waals surface area contributed by atoms with E-state index in [1.807, 2.05) is 7.05 Å². The average Bonchev–Trinajstić information content (AvgIpc) is 2.82. The number of nitrogens with one attached hydrogen (secondary N) is 1. The average molecular weight is 252 g/mol. The molecule has 0 amide bonds. The van der Waals surface area contributed by atoms with Gasteiger partial charge in [-0.15, -0.1) is 0 Å². The predicted octanol–water partition coefficient (Wildman–Crippen LogP) is 3.36. The summed E-state index contributed by atoms with van der Waals surface area (Å²) in [6.07, 6.45) is 7.83. The minimum atomic E-state index is -0.0454. The molecular weight excluding hydrogens is 224 g/mol. The largest absolute Gasteiger partial charge is 0.379 e. The van der Waals surface area contributed by atoms with Gasteiger partial charge in [0.25, 0.3) is 0 Å². The first-order valence-electron chi connectivity index (χ1n) is 6.90. The molecule has 0 aliphatic rings. The van der Waals surface area contributed by atoms with E-state index in [0.29, 0.717) is 6.04 Å². The maximum Gasteiger partial charge on any atom is 0.0639 e. The van der Waals surface area contributed by atoms with Crippen LogP contribution in [-0.4, -0.2) is 24.3 Å². The molecule has 0 radical (unpaired) electrons. The summed E-state index contributed by atoms with van der Waals surface area (Å²) in [6, 6.07) is 2.70. The van der Waals surface area contributed by atoms with Crippen LogP contribution in [0.3, 0.4) is 0 Å². The zero-order valence-electron chi connectivity index (χ0n) is 12.5. The molecule has 0 bridgehead atoms. The van der Waals surface area contributed by atoms with Gasteiger partial charge in [-0.2, -0.15) is 0 Å². The fourth-order valence-electron chi connectivity index (χ4n) is 2.07. The first-order valence-corrected chi connectivity index (χ1v) is 6.90. The molecule has 1 N–H and O–H groups in total. The zero-order valence-corrected chi connectivity index (χ0v) is 12.5. The smallest absolute Gasteiger partial charge is 0.0639 e. The van der Waals surface area contributed by atoms with Crippen LogP contribution in [0.4, 0.5) is 0 Å². The van der Waals surface area contributed by atoms with Crippen molar-refractivity contribution in [1.82, 2.24) is 9.88 Å². The number of aromatic nitrogens is 1. The summed E-state index contributed by atoms with van der Waals surface area (Å²) in [5.74, 6) is 0. The van der Waals surface area contributed by atoms with Gasteiger partial charge in [-0.25, -0.2) is 0 Å². The second-order valence-corrected chi connectivity index (χ2v) is 5.53. The first-order chi connectivity index (χ1) is 8.52. The molecule has 3 heteroatoms. The molecule has 0 aromatic carbocycles. The minimum absolute atomic E-state index is 0.0454. The molecule has 1 unspecified atom stereocenters. The van der Waals surface area contributed by atoms with Crippen molar-refractivity contribution in [3.8, 4) is 0 Å². The number of methoxy groups -OCH3 is 1. The van der Waals surface area contributed by atoms with E-state index in [4.69, 9.17) is 4.74 Å². The maximum absolute atomic E-state index is 5.45. The third kappa shape index (κ3) is 4.46. The molecule has 0 saturated carbocycles. The van der Waals surface area contributed by atoms with Crippen molar-refractivity contribution in [1.29, 1.82) is 0 Å². The van der Waals surface area contributed by atoms with Crippen LogP contribution in [0.1, 0.15) is 51.6 Å². The highest BCUT2D eigenvalue weighted by molar-refractivity contribution is 5.15. The predicted molar refractivity (Wildman–Crippen MR) is 76.8 cm³/mol. The maximum atomic E-state index is 5.45. The molecular formula is C15H28N2O. The lowest BCUT2D eigenvalue weighted by molar-refractivity contribution is 0.0120. The van der Waals surface area contributed by atoms with E-state index >= 15 is 0 Å². The molecule has 0 aliphatic heterocycles. The third-order valence-electron chi connectivity index (χ3n) is 3.63. The van der Waals surface area contributed by atoms with Crippen molar-refractivity contribution in [3.63, 3.8) is 0 Å². The van der Waals surface area contributed by atoms with Gasteiger partial charge in [0.05, 0.1) is 5.60 Å². The molecule has 3 nitrogen and oxygen atoms in total. The van der Waals surface area contributed by atoms with Gasteiger partial charge in [-0.05, 0) is 45.4 Å². The summed E-state index contributed by atoms with van der Waals surface area (Å²) >= 11 is 0. The Bertz CT molecular complexity index is 344.